The van der Waals surface area contributed by atoms with E-state index in [1.54, 1.807) is 17.7 Å². The van der Waals surface area contributed by atoms with Gasteiger partial charge < -0.3 is 10.7 Å². The number of hydrogen-bond acceptors (Lipinski definition) is 5. The van der Waals surface area contributed by atoms with Gasteiger partial charge in [0.2, 0.25) is 0 Å². The molecular formula is C14H21N5S. The molecule has 1 saturated heterocycles. The molecule has 20 heavy (non-hydrogen) atoms. The summed E-state index contributed by atoms with van der Waals surface area (Å²) >= 11 is 1.69. The van der Waals surface area contributed by atoms with Crippen LogP contribution in [0.25, 0.3) is 0 Å². The minimum absolute atomic E-state index is 0.190. The zero-order valence-electron chi connectivity index (χ0n) is 11.7. The third-order valence-electron chi connectivity index (χ3n) is 4.01. The summed E-state index contributed by atoms with van der Waals surface area (Å²) in [6, 6.07) is 0.190. The topological polar surface area (TPSA) is 70.8 Å². The standard InChI is InChI=1S/C14H21N5S/c1-10-2-4-19(5-3-10)13(12-7-16-9-17-12)14-18-11(6-15)8-20-14/h7-10,13H,2-6,15H2,1H3,(H,16,17). The summed E-state index contributed by atoms with van der Waals surface area (Å²) in [6.07, 6.45) is 6.15. The molecule has 0 amide bonds. The lowest BCUT2D eigenvalue weighted by Crippen LogP contribution is -2.36. The first kappa shape index (κ1) is 13.7. The van der Waals surface area contributed by atoms with Crippen molar-refractivity contribution in [1.29, 1.82) is 0 Å². The predicted molar refractivity (Wildman–Crippen MR) is 80.4 cm³/mol. The van der Waals surface area contributed by atoms with E-state index in [4.69, 9.17) is 5.73 Å². The van der Waals surface area contributed by atoms with Gasteiger partial charge in [-0.05, 0) is 31.8 Å². The second-order valence-electron chi connectivity index (χ2n) is 5.51. The van der Waals surface area contributed by atoms with Gasteiger partial charge in [-0.15, -0.1) is 11.3 Å². The minimum atomic E-state index is 0.190. The van der Waals surface area contributed by atoms with E-state index >= 15 is 0 Å². The number of nitrogens with one attached hydrogen (secondary N) is 1. The van der Waals surface area contributed by atoms with Crippen LogP contribution in [0, 0.1) is 5.92 Å². The molecule has 0 spiro atoms. The molecular weight excluding hydrogens is 270 g/mol. The minimum Gasteiger partial charge on any atom is -0.347 e. The number of rotatable bonds is 4. The van der Waals surface area contributed by atoms with Crippen molar-refractivity contribution >= 4 is 11.3 Å². The molecule has 1 aliphatic rings. The molecule has 1 unspecified atom stereocenters. The van der Waals surface area contributed by atoms with Crippen molar-refractivity contribution in [3.05, 3.63) is 34.3 Å². The van der Waals surface area contributed by atoms with Crippen LogP contribution in [0.2, 0.25) is 0 Å². The molecule has 6 heteroatoms. The fourth-order valence-electron chi connectivity index (χ4n) is 2.73. The lowest BCUT2D eigenvalue weighted by atomic mass is 9.97. The number of nitrogens with two attached hydrogens (primary N) is 1. The molecule has 1 atom stereocenters. The number of piperidine rings is 1. The third kappa shape index (κ3) is 2.77. The smallest absolute Gasteiger partial charge is 0.116 e. The molecule has 1 fully saturated rings. The Morgan fingerprint density at radius 3 is 2.90 bits per heavy atom. The van der Waals surface area contributed by atoms with Gasteiger partial charge in [-0.1, -0.05) is 6.92 Å². The van der Waals surface area contributed by atoms with Crippen molar-refractivity contribution in [2.75, 3.05) is 13.1 Å². The fourth-order valence-corrected chi connectivity index (χ4v) is 3.71. The second kappa shape index (κ2) is 6.03. The number of imidazole rings is 1. The number of H-pyrrole nitrogens is 1. The van der Waals surface area contributed by atoms with Crippen LogP contribution in [0.3, 0.4) is 0 Å². The van der Waals surface area contributed by atoms with Crippen LogP contribution in [0.4, 0.5) is 0 Å². The van der Waals surface area contributed by atoms with Gasteiger partial charge in [-0.2, -0.15) is 0 Å². The summed E-state index contributed by atoms with van der Waals surface area (Å²) in [4.78, 5) is 14.6. The highest BCUT2D eigenvalue weighted by molar-refractivity contribution is 7.09. The Kier molecular flexibility index (Phi) is 4.14. The number of likely N-dealkylation sites (tertiary alicyclic amines) is 1. The molecule has 3 heterocycles. The second-order valence-corrected chi connectivity index (χ2v) is 6.40. The molecule has 0 bridgehead atoms. The van der Waals surface area contributed by atoms with Crippen molar-refractivity contribution in [3.63, 3.8) is 0 Å². The van der Waals surface area contributed by atoms with Crippen molar-refractivity contribution in [1.82, 2.24) is 19.9 Å². The van der Waals surface area contributed by atoms with Crippen LogP contribution in [0.15, 0.2) is 17.9 Å². The van der Waals surface area contributed by atoms with Crippen LogP contribution in [-0.4, -0.2) is 32.9 Å². The maximum absolute atomic E-state index is 5.69. The molecule has 108 valence electrons. The fraction of sp³-hybridized carbons (Fsp3) is 0.571. The van der Waals surface area contributed by atoms with Gasteiger partial charge in [-0.25, -0.2) is 9.97 Å². The Morgan fingerprint density at radius 2 is 2.30 bits per heavy atom. The summed E-state index contributed by atoms with van der Waals surface area (Å²) in [5.41, 5.74) is 7.78. The normalized spacial score (nSPS) is 19.3. The quantitative estimate of drug-likeness (QED) is 0.905. The summed E-state index contributed by atoms with van der Waals surface area (Å²) < 4.78 is 0. The summed E-state index contributed by atoms with van der Waals surface area (Å²) in [7, 11) is 0. The Hall–Kier alpha value is -1.24. The van der Waals surface area contributed by atoms with Crippen molar-refractivity contribution in [2.24, 2.45) is 11.7 Å². The Bertz CT molecular complexity index is 528. The summed E-state index contributed by atoms with van der Waals surface area (Å²) in [5, 5.41) is 3.18. The van der Waals surface area contributed by atoms with E-state index in [-0.39, 0.29) is 6.04 Å². The van der Waals surface area contributed by atoms with Crippen molar-refractivity contribution in [2.45, 2.75) is 32.4 Å². The van der Waals surface area contributed by atoms with Gasteiger partial charge in [0.1, 0.15) is 11.0 Å². The highest BCUT2D eigenvalue weighted by Gasteiger charge is 2.29. The van der Waals surface area contributed by atoms with Crippen LogP contribution < -0.4 is 5.73 Å². The van der Waals surface area contributed by atoms with E-state index in [0.717, 1.165) is 35.4 Å². The Morgan fingerprint density at radius 1 is 1.50 bits per heavy atom. The number of aromatic nitrogens is 3. The molecule has 1 aliphatic heterocycles. The van der Waals surface area contributed by atoms with Gasteiger partial charge in [0.25, 0.3) is 0 Å². The highest BCUT2D eigenvalue weighted by atomic mass is 32.1. The van der Waals surface area contributed by atoms with Crippen LogP contribution in [0.1, 0.15) is 42.2 Å². The molecule has 0 aliphatic carbocycles. The van der Waals surface area contributed by atoms with Gasteiger partial charge in [0.05, 0.1) is 17.7 Å². The summed E-state index contributed by atoms with van der Waals surface area (Å²) in [6.45, 7) is 5.06. The van der Waals surface area contributed by atoms with E-state index in [1.165, 1.54) is 12.8 Å². The molecule has 2 aromatic rings. The van der Waals surface area contributed by atoms with E-state index in [1.807, 2.05) is 6.20 Å². The maximum Gasteiger partial charge on any atom is 0.116 e. The van der Waals surface area contributed by atoms with Gasteiger partial charge in [0.15, 0.2) is 0 Å². The molecule has 0 saturated carbocycles. The average Bonchev–Trinajstić information content (AvgIpc) is 3.13. The molecule has 2 aromatic heterocycles. The maximum atomic E-state index is 5.69. The van der Waals surface area contributed by atoms with Crippen LogP contribution in [-0.2, 0) is 6.54 Å². The average molecular weight is 291 g/mol. The molecule has 3 rings (SSSR count). The zero-order chi connectivity index (χ0) is 13.9. The zero-order valence-corrected chi connectivity index (χ0v) is 12.6. The lowest BCUT2D eigenvalue weighted by Gasteiger charge is -2.35. The number of hydrogen-bond donors (Lipinski definition) is 2. The van der Waals surface area contributed by atoms with Crippen molar-refractivity contribution < 1.29 is 0 Å². The van der Waals surface area contributed by atoms with E-state index in [0.29, 0.717) is 6.54 Å². The van der Waals surface area contributed by atoms with E-state index in [2.05, 4.69) is 32.2 Å². The largest absolute Gasteiger partial charge is 0.347 e. The Labute approximate surface area is 123 Å². The number of aromatic amines is 1. The first-order chi connectivity index (χ1) is 9.78. The third-order valence-corrected chi connectivity index (χ3v) is 4.96. The van der Waals surface area contributed by atoms with E-state index in [9.17, 15) is 0 Å². The molecule has 5 nitrogen and oxygen atoms in total. The number of nitrogens with zero attached hydrogens (tertiary/aromatic N) is 3. The molecule has 0 radical (unpaired) electrons. The summed E-state index contributed by atoms with van der Waals surface area (Å²) in [5.74, 6) is 0.824. The van der Waals surface area contributed by atoms with Crippen LogP contribution >= 0.6 is 11.3 Å². The van der Waals surface area contributed by atoms with Gasteiger partial charge in [0, 0.05) is 18.1 Å². The first-order valence-corrected chi connectivity index (χ1v) is 8.02. The number of thiazole rings is 1. The van der Waals surface area contributed by atoms with Crippen LogP contribution in [0.5, 0.6) is 0 Å². The Balaban J connectivity index is 1.88. The molecule has 3 N–H and O–H groups in total. The predicted octanol–water partition coefficient (Wildman–Crippen LogP) is 2.15. The van der Waals surface area contributed by atoms with Gasteiger partial charge in [-0.3, -0.25) is 4.90 Å². The SMILES string of the molecule is CC1CCN(C(c2cnc[nH]2)c2nc(CN)cs2)CC1. The highest BCUT2D eigenvalue weighted by Crippen LogP contribution is 2.32. The first-order valence-electron chi connectivity index (χ1n) is 7.14. The van der Waals surface area contributed by atoms with E-state index < -0.39 is 0 Å². The monoisotopic (exact) mass is 291 g/mol. The van der Waals surface area contributed by atoms with Gasteiger partial charge >= 0.3 is 0 Å². The lowest BCUT2D eigenvalue weighted by molar-refractivity contribution is 0.155. The molecule has 0 aromatic carbocycles. The van der Waals surface area contributed by atoms with Crippen molar-refractivity contribution in [3.8, 4) is 0 Å².